The van der Waals surface area contributed by atoms with E-state index in [4.69, 9.17) is 10.7 Å². The standard InChI is InChI=1S/C14H17FN4/c1-10-3-2-4-12-11(10)5-6-13(12)18-14(17)19(9-16)8-7-15/h2-4,13H,5-8H2,1H3,(H2,17,18)/t13-/m0/s1. The van der Waals surface area contributed by atoms with Gasteiger partial charge in [0.05, 0.1) is 12.6 Å². The lowest BCUT2D eigenvalue weighted by Gasteiger charge is -2.21. The van der Waals surface area contributed by atoms with Crippen molar-refractivity contribution in [2.45, 2.75) is 25.8 Å². The second-order valence-electron chi connectivity index (χ2n) is 4.67. The lowest BCUT2D eigenvalue weighted by atomic mass is 10.0. The second kappa shape index (κ2) is 5.70. The van der Waals surface area contributed by atoms with Gasteiger partial charge in [0.1, 0.15) is 6.67 Å². The zero-order chi connectivity index (χ0) is 13.8. The Morgan fingerprint density at radius 3 is 3.11 bits per heavy atom. The number of hydrogen-bond donors (Lipinski definition) is 2. The molecule has 1 atom stereocenters. The van der Waals surface area contributed by atoms with Gasteiger partial charge in [-0.25, -0.2) is 9.29 Å². The number of hydrogen-bond acceptors (Lipinski definition) is 2. The highest BCUT2D eigenvalue weighted by atomic mass is 19.1. The van der Waals surface area contributed by atoms with E-state index >= 15 is 0 Å². The molecule has 0 radical (unpaired) electrons. The number of nitriles is 1. The summed E-state index contributed by atoms with van der Waals surface area (Å²) >= 11 is 0. The summed E-state index contributed by atoms with van der Waals surface area (Å²) in [5.41, 5.74) is 3.76. The van der Waals surface area contributed by atoms with Crippen LogP contribution in [0.1, 0.15) is 29.2 Å². The van der Waals surface area contributed by atoms with E-state index in [0.717, 1.165) is 17.7 Å². The van der Waals surface area contributed by atoms with Crippen molar-refractivity contribution in [1.29, 1.82) is 10.7 Å². The van der Waals surface area contributed by atoms with Crippen molar-refractivity contribution in [3.05, 3.63) is 34.9 Å². The SMILES string of the molecule is Cc1cccc2c1CC[C@@H]2NC(=N)N(C#N)CCF. The molecule has 4 nitrogen and oxygen atoms in total. The number of nitrogens with one attached hydrogen (secondary N) is 2. The highest BCUT2D eigenvalue weighted by Gasteiger charge is 2.25. The topological polar surface area (TPSA) is 62.9 Å². The number of nitrogens with zero attached hydrogens (tertiary/aromatic N) is 2. The first kappa shape index (κ1) is 13.3. The van der Waals surface area contributed by atoms with E-state index in [-0.39, 0.29) is 18.5 Å². The summed E-state index contributed by atoms with van der Waals surface area (Å²) in [6.07, 6.45) is 3.69. The van der Waals surface area contributed by atoms with Crippen molar-refractivity contribution in [2.24, 2.45) is 0 Å². The van der Waals surface area contributed by atoms with Crippen LogP contribution in [0.15, 0.2) is 18.2 Å². The van der Waals surface area contributed by atoms with E-state index in [1.54, 1.807) is 0 Å². The Labute approximate surface area is 112 Å². The lowest BCUT2D eigenvalue weighted by molar-refractivity contribution is 0.410. The molecule has 0 bridgehead atoms. The van der Waals surface area contributed by atoms with Gasteiger partial charge in [0.25, 0.3) is 0 Å². The van der Waals surface area contributed by atoms with E-state index in [0.29, 0.717) is 0 Å². The molecule has 0 amide bonds. The maximum absolute atomic E-state index is 12.3. The fourth-order valence-corrected chi connectivity index (χ4v) is 2.53. The number of halogens is 1. The van der Waals surface area contributed by atoms with Crippen LogP contribution in [-0.4, -0.2) is 24.1 Å². The summed E-state index contributed by atoms with van der Waals surface area (Å²) in [5, 5.41) is 19.7. The monoisotopic (exact) mass is 260 g/mol. The Morgan fingerprint density at radius 1 is 1.63 bits per heavy atom. The maximum Gasteiger partial charge on any atom is 0.205 e. The van der Waals surface area contributed by atoms with Gasteiger partial charge in [-0.2, -0.15) is 5.26 Å². The Hall–Kier alpha value is -2.09. The molecular formula is C14H17FN4. The molecule has 0 heterocycles. The Balaban J connectivity index is 2.09. The van der Waals surface area contributed by atoms with Crippen molar-refractivity contribution >= 4 is 5.96 Å². The molecule has 0 fully saturated rings. The van der Waals surface area contributed by atoms with E-state index in [2.05, 4.69) is 18.3 Å². The molecule has 2 rings (SSSR count). The molecule has 0 aliphatic heterocycles. The third-order valence-corrected chi connectivity index (χ3v) is 3.51. The summed E-state index contributed by atoms with van der Waals surface area (Å²) in [6, 6.07) is 6.17. The van der Waals surface area contributed by atoms with E-state index in [9.17, 15) is 4.39 Å². The fourth-order valence-electron chi connectivity index (χ4n) is 2.53. The quantitative estimate of drug-likeness (QED) is 0.379. The summed E-state index contributed by atoms with van der Waals surface area (Å²) in [7, 11) is 0. The normalized spacial score (nSPS) is 16.6. The molecule has 0 saturated heterocycles. The van der Waals surface area contributed by atoms with Gasteiger partial charge in [0.15, 0.2) is 6.19 Å². The molecule has 0 aromatic heterocycles. The summed E-state index contributed by atoms with van der Waals surface area (Å²) in [4.78, 5) is 1.04. The zero-order valence-electron chi connectivity index (χ0n) is 10.9. The van der Waals surface area contributed by atoms with Gasteiger partial charge in [-0.3, -0.25) is 5.41 Å². The van der Waals surface area contributed by atoms with Crippen LogP contribution in [0.2, 0.25) is 0 Å². The number of benzene rings is 1. The molecule has 1 aromatic carbocycles. The van der Waals surface area contributed by atoms with Gasteiger partial charge in [0.2, 0.25) is 5.96 Å². The predicted octanol–water partition coefficient (Wildman–Crippen LogP) is 2.26. The molecule has 0 unspecified atom stereocenters. The van der Waals surface area contributed by atoms with Crippen LogP contribution in [0.4, 0.5) is 4.39 Å². The average Bonchev–Trinajstić information content (AvgIpc) is 2.80. The minimum atomic E-state index is -0.641. The highest BCUT2D eigenvalue weighted by molar-refractivity contribution is 5.78. The Bertz CT molecular complexity index is 521. The first-order valence-electron chi connectivity index (χ1n) is 6.34. The molecule has 0 spiro atoms. The van der Waals surface area contributed by atoms with Crippen molar-refractivity contribution in [3.8, 4) is 6.19 Å². The van der Waals surface area contributed by atoms with Gasteiger partial charge in [-0.05, 0) is 36.5 Å². The summed E-state index contributed by atoms with van der Waals surface area (Å²) < 4.78 is 12.3. The van der Waals surface area contributed by atoms with Crippen molar-refractivity contribution in [3.63, 3.8) is 0 Å². The molecule has 1 aromatic rings. The predicted molar refractivity (Wildman–Crippen MR) is 71.4 cm³/mol. The summed E-state index contributed by atoms with van der Waals surface area (Å²) in [6.45, 7) is 1.37. The third kappa shape index (κ3) is 2.68. The number of rotatable bonds is 3. The minimum absolute atomic E-state index is 0.0282. The maximum atomic E-state index is 12.3. The van der Waals surface area contributed by atoms with Crippen molar-refractivity contribution in [2.75, 3.05) is 13.2 Å². The molecule has 5 heteroatoms. The minimum Gasteiger partial charge on any atom is -0.349 e. The molecule has 19 heavy (non-hydrogen) atoms. The van der Waals surface area contributed by atoms with Gasteiger partial charge in [-0.15, -0.1) is 0 Å². The first-order valence-corrected chi connectivity index (χ1v) is 6.34. The van der Waals surface area contributed by atoms with Crippen LogP contribution in [0, 0.1) is 23.8 Å². The number of guanidine groups is 1. The smallest absolute Gasteiger partial charge is 0.205 e. The number of fused-ring (bicyclic) bond motifs is 1. The first-order chi connectivity index (χ1) is 9.17. The van der Waals surface area contributed by atoms with Crippen LogP contribution in [0.5, 0.6) is 0 Å². The van der Waals surface area contributed by atoms with Crippen LogP contribution < -0.4 is 5.32 Å². The largest absolute Gasteiger partial charge is 0.349 e. The molecule has 1 aliphatic rings. The molecule has 1 aliphatic carbocycles. The van der Waals surface area contributed by atoms with Gasteiger partial charge >= 0.3 is 0 Å². The van der Waals surface area contributed by atoms with Crippen LogP contribution in [0.3, 0.4) is 0 Å². The average molecular weight is 260 g/mol. The van der Waals surface area contributed by atoms with Gasteiger partial charge < -0.3 is 5.32 Å². The van der Waals surface area contributed by atoms with Crippen LogP contribution in [0.25, 0.3) is 0 Å². The van der Waals surface area contributed by atoms with Gasteiger partial charge in [0, 0.05) is 0 Å². The molecule has 0 saturated carbocycles. The van der Waals surface area contributed by atoms with E-state index in [1.165, 1.54) is 16.7 Å². The van der Waals surface area contributed by atoms with E-state index in [1.807, 2.05) is 18.3 Å². The molecular weight excluding hydrogens is 243 g/mol. The number of aryl methyl sites for hydroxylation is 1. The highest BCUT2D eigenvalue weighted by Crippen LogP contribution is 2.32. The van der Waals surface area contributed by atoms with Crippen LogP contribution in [-0.2, 0) is 6.42 Å². The Kier molecular flexibility index (Phi) is 4.00. The van der Waals surface area contributed by atoms with Crippen molar-refractivity contribution < 1.29 is 4.39 Å². The Morgan fingerprint density at radius 2 is 2.42 bits per heavy atom. The van der Waals surface area contributed by atoms with E-state index < -0.39 is 6.67 Å². The zero-order valence-corrected chi connectivity index (χ0v) is 10.9. The fraction of sp³-hybridized carbons (Fsp3) is 0.429. The lowest BCUT2D eigenvalue weighted by Crippen LogP contribution is -2.40. The number of alkyl halides is 1. The third-order valence-electron chi connectivity index (χ3n) is 3.51. The van der Waals surface area contributed by atoms with Crippen molar-refractivity contribution in [1.82, 2.24) is 10.2 Å². The van der Waals surface area contributed by atoms with Gasteiger partial charge in [-0.1, -0.05) is 18.2 Å². The summed E-state index contributed by atoms with van der Waals surface area (Å²) in [5.74, 6) is -0.0282. The second-order valence-corrected chi connectivity index (χ2v) is 4.67. The van der Waals surface area contributed by atoms with Crippen LogP contribution >= 0.6 is 0 Å². The molecule has 100 valence electrons. The molecule has 2 N–H and O–H groups in total.